The highest BCUT2D eigenvalue weighted by Crippen LogP contribution is 2.44. The molecular weight excluding hydrogens is 749 g/mol. The number of fused-ring (bicyclic) bond motifs is 6. The Morgan fingerprint density at radius 1 is 0.305 bits per heavy atom. The maximum atomic E-state index is 13.9. The number of hydrogen-bond acceptors (Lipinski definition) is 4. The van der Waals surface area contributed by atoms with Gasteiger partial charge in [-0.3, -0.25) is 0 Å². The van der Waals surface area contributed by atoms with Gasteiger partial charge < -0.3 is 0 Å². The minimum absolute atomic E-state index is 0.288. The van der Waals surface area contributed by atoms with Crippen molar-refractivity contribution < 1.29 is 8.78 Å². The molecule has 8 aromatic carbocycles. The van der Waals surface area contributed by atoms with E-state index in [-0.39, 0.29) is 11.6 Å². The van der Waals surface area contributed by atoms with Crippen molar-refractivity contribution in [1.29, 1.82) is 0 Å². The van der Waals surface area contributed by atoms with Gasteiger partial charge in [0.2, 0.25) is 0 Å². The maximum absolute atomic E-state index is 13.9. The van der Waals surface area contributed by atoms with Gasteiger partial charge in [0.05, 0.1) is 0 Å². The molecule has 0 N–H and O–H groups in total. The molecule has 2 heterocycles. The first-order valence-corrected chi connectivity index (χ1v) is 20.1. The summed E-state index contributed by atoms with van der Waals surface area (Å²) in [6, 6.07) is 60.9. The van der Waals surface area contributed by atoms with Gasteiger partial charge in [-0.15, -0.1) is 0 Å². The zero-order chi connectivity index (χ0) is 39.7. The van der Waals surface area contributed by atoms with Gasteiger partial charge in [-0.05, 0) is 110 Å². The smallest absolute Gasteiger partial charge is 0.164 e. The van der Waals surface area contributed by atoms with E-state index < -0.39 is 0 Å². The highest BCUT2D eigenvalue weighted by molar-refractivity contribution is 7.99. The average molecular weight is 782 g/mol. The number of rotatable bonds is 5. The summed E-state index contributed by atoms with van der Waals surface area (Å²) in [5.41, 5.74) is 12.8. The first-order valence-electron chi connectivity index (χ1n) is 19.3. The monoisotopic (exact) mass is 781 g/mol. The van der Waals surface area contributed by atoms with Crippen molar-refractivity contribution in [2.24, 2.45) is 0 Å². The number of aromatic nitrogens is 3. The Balaban J connectivity index is 1.15. The van der Waals surface area contributed by atoms with Crippen LogP contribution in [0.25, 0.3) is 90.8 Å². The molecule has 0 spiro atoms. The normalized spacial score (nSPS) is 11.8. The molecule has 9 aromatic rings. The van der Waals surface area contributed by atoms with Gasteiger partial charge in [-0.1, -0.05) is 157 Å². The summed E-state index contributed by atoms with van der Waals surface area (Å²) in [5.74, 6) is 0.947. The molecule has 59 heavy (non-hydrogen) atoms. The number of nitrogens with zero attached hydrogens (tertiary/aromatic N) is 3. The van der Waals surface area contributed by atoms with E-state index in [0.717, 1.165) is 66.1 Å². The van der Waals surface area contributed by atoms with Crippen LogP contribution in [-0.2, 0) is 0 Å². The lowest BCUT2D eigenvalue weighted by Crippen LogP contribution is -2.01. The highest BCUT2D eigenvalue weighted by atomic mass is 32.2. The van der Waals surface area contributed by atoms with E-state index in [1.807, 2.05) is 48.5 Å². The Morgan fingerprint density at radius 3 is 1.25 bits per heavy atom. The molecule has 0 saturated carbocycles. The number of halogens is 2. The lowest BCUT2D eigenvalue weighted by atomic mass is 9.95. The SMILES string of the molecule is Fc1ccc(-c2cccc(-c3nc(-c4cccc(-c5ccc(F)cc5)c4)nc(-c4ccc5c(c4)-c4ccccc4Sc4ccccc4-c4ccccc4C=C5)n3)c2)cc1. The molecule has 1 aromatic heterocycles. The Hall–Kier alpha value is -7.28. The molecule has 0 atom stereocenters. The summed E-state index contributed by atoms with van der Waals surface area (Å²) in [7, 11) is 0. The van der Waals surface area contributed by atoms with Gasteiger partial charge >= 0.3 is 0 Å². The summed E-state index contributed by atoms with van der Waals surface area (Å²) in [6.07, 6.45) is 4.39. The van der Waals surface area contributed by atoms with Crippen LogP contribution in [0.5, 0.6) is 0 Å². The van der Waals surface area contributed by atoms with Crippen LogP contribution in [0, 0.1) is 11.6 Å². The molecule has 0 amide bonds. The lowest BCUT2D eigenvalue weighted by Gasteiger charge is -2.15. The molecule has 10 rings (SSSR count). The molecule has 0 unspecified atom stereocenters. The quantitative estimate of drug-likeness (QED) is 0.174. The molecule has 0 aliphatic carbocycles. The molecule has 0 radical (unpaired) electrons. The first-order chi connectivity index (χ1) is 29.0. The summed E-state index contributed by atoms with van der Waals surface area (Å²) in [4.78, 5) is 17.7. The van der Waals surface area contributed by atoms with Gasteiger partial charge in [-0.2, -0.15) is 0 Å². The zero-order valence-electron chi connectivity index (χ0n) is 31.6. The highest BCUT2D eigenvalue weighted by Gasteiger charge is 2.19. The fourth-order valence-corrected chi connectivity index (χ4v) is 8.65. The average Bonchev–Trinajstić information content (AvgIpc) is 3.31. The third-order valence-corrected chi connectivity index (χ3v) is 11.7. The van der Waals surface area contributed by atoms with Gasteiger partial charge in [0.1, 0.15) is 11.6 Å². The van der Waals surface area contributed by atoms with Crippen LogP contribution in [-0.4, -0.2) is 15.0 Å². The van der Waals surface area contributed by atoms with Crippen LogP contribution < -0.4 is 0 Å². The van der Waals surface area contributed by atoms with Crippen LogP contribution in [0.2, 0.25) is 0 Å². The molecule has 0 fully saturated rings. The van der Waals surface area contributed by atoms with Crippen LogP contribution in [0.3, 0.4) is 0 Å². The minimum atomic E-state index is -0.288. The van der Waals surface area contributed by atoms with E-state index in [2.05, 4.69) is 103 Å². The van der Waals surface area contributed by atoms with E-state index in [1.54, 1.807) is 36.0 Å². The van der Waals surface area contributed by atoms with E-state index >= 15 is 0 Å². The fourth-order valence-electron chi connectivity index (χ4n) is 7.54. The maximum Gasteiger partial charge on any atom is 0.164 e. The van der Waals surface area contributed by atoms with Crippen molar-refractivity contribution in [3.8, 4) is 78.7 Å². The summed E-state index contributed by atoms with van der Waals surface area (Å²) < 4.78 is 27.7. The predicted octanol–water partition coefficient (Wildman–Crippen LogP) is 14.5. The van der Waals surface area contributed by atoms with Gasteiger partial charge in [0.25, 0.3) is 0 Å². The predicted molar refractivity (Wildman–Crippen MR) is 237 cm³/mol. The molecule has 3 nitrogen and oxygen atoms in total. The van der Waals surface area contributed by atoms with Crippen LogP contribution in [0.1, 0.15) is 11.1 Å². The minimum Gasteiger partial charge on any atom is -0.208 e. The van der Waals surface area contributed by atoms with Crippen molar-refractivity contribution in [3.05, 3.63) is 211 Å². The molecule has 280 valence electrons. The van der Waals surface area contributed by atoms with Crippen LogP contribution >= 0.6 is 11.8 Å². The first kappa shape index (κ1) is 36.1. The van der Waals surface area contributed by atoms with Crippen LogP contribution in [0.4, 0.5) is 8.78 Å². The Kier molecular flexibility index (Phi) is 9.53. The zero-order valence-corrected chi connectivity index (χ0v) is 32.4. The van der Waals surface area contributed by atoms with E-state index in [4.69, 9.17) is 15.0 Å². The fraction of sp³-hybridized carbons (Fsp3) is 0. The second-order valence-electron chi connectivity index (χ2n) is 14.3. The van der Waals surface area contributed by atoms with E-state index in [0.29, 0.717) is 17.5 Å². The molecule has 0 bridgehead atoms. The number of benzene rings is 8. The lowest BCUT2D eigenvalue weighted by molar-refractivity contribution is 0.627. The van der Waals surface area contributed by atoms with Gasteiger partial charge in [0.15, 0.2) is 17.5 Å². The third-order valence-electron chi connectivity index (χ3n) is 10.5. The third kappa shape index (κ3) is 7.38. The Morgan fingerprint density at radius 2 is 0.712 bits per heavy atom. The molecular formula is C53H33F2N3S. The van der Waals surface area contributed by atoms with Crippen molar-refractivity contribution in [3.63, 3.8) is 0 Å². The Labute approximate surface area is 345 Å². The van der Waals surface area contributed by atoms with Gasteiger partial charge in [0, 0.05) is 26.5 Å². The molecule has 6 heteroatoms. The number of hydrogen-bond donors (Lipinski definition) is 0. The van der Waals surface area contributed by atoms with Crippen molar-refractivity contribution >= 4 is 23.9 Å². The second-order valence-corrected chi connectivity index (χ2v) is 15.4. The topological polar surface area (TPSA) is 38.7 Å². The van der Waals surface area contributed by atoms with Crippen molar-refractivity contribution in [1.82, 2.24) is 15.0 Å². The Bertz CT molecular complexity index is 2940. The largest absolute Gasteiger partial charge is 0.208 e. The van der Waals surface area contributed by atoms with Crippen molar-refractivity contribution in [2.75, 3.05) is 0 Å². The molecule has 1 aliphatic heterocycles. The standard InChI is InChI=1S/C53H33F2N3S/c54-43-27-23-34(24-28-43)38-10-7-12-40(31-38)51-56-52(41-13-8-11-39(32-41)35-25-29-44(55)30-26-35)58-53(57-51)42-22-21-37-20-19-36-9-1-2-14-45(36)46-15-3-5-17-49(46)59-50-18-6-4-16-47(50)48(37)33-42/h1-33H. The van der Waals surface area contributed by atoms with Crippen LogP contribution in [0.15, 0.2) is 198 Å². The summed E-state index contributed by atoms with van der Waals surface area (Å²) in [6.45, 7) is 0. The summed E-state index contributed by atoms with van der Waals surface area (Å²) >= 11 is 1.77. The van der Waals surface area contributed by atoms with E-state index in [9.17, 15) is 8.78 Å². The van der Waals surface area contributed by atoms with Gasteiger partial charge in [-0.25, -0.2) is 23.7 Å². The second kappa shape index (κ2) is 15.6. The molecule has 1 aliphatic rings. The summed E-state index contributed by atoms with van der Waals surface area (Å²) in [5, 5.41) is 0. The molecule has 0 saturated heterocycles. The van der Waals surface area contributed by atoms with E-state index in [1.165, 1.54) is 40.3 Å². The van der Waals surface area contributed by atoms with Crippen molar-refractivity contribution in [2.45, 2.75) is 9.79 Å².